The van der Waals surface area contributed by atoms with Crippen molar-refractivity contribution in [1.29, 1.82) is 0 Å². The van der Waals surface area contributed by atoms with E-state index in [4.69, 9.17) is 4.74 Å². The Balaban J connectivity index is 2.16. The van der Waals surface area contributed by atoms with Crippen LogP contribution in [0.15, 0.2) is 52.4 Å². The van der Waals surface area contributed by atoms with Crippen LogP contribution in [0, 0.1) is 5.82 Å². The highest BCUT2D eigenvalue weighted by Gasteiger charge is 2.30. The molecule has 1 aliphatic rings. The molecule has 0 unspecified atom stereocenters. The topological polar surface area (TPSA) is 67.8 Å². The predicted molar refractivity (Wildman–Crippen MR) is 89.4 cm³/mol. The normalized spacial score (nSPS) is 16.1. The van der Waals surface area contributed by atoms with Gasteiger partial charge in [0, 0.05) is 17.2 Å². The third-order valence-electron chi connectivity index (χ3n) is 3.65. The van der Waals surface area contributed by atoms with Crippen molar-refractivity contribution >= 4 is 15.7 Å². The highest BCUT2D eigenvalue weighted by atomic mass is 32.2. The van der Waals surface area contributed by atoms with Gasteiger partial charge in [0.05, 0.1) is 10.6 Å². The van der Waals surface area contributed by atoms with E-state index in [1.165, 1.54) is 31.3 Å². The fraction of sp³-hybridized carbons (Fsp3) is 0.235. The van der Waals surface area contributed by atoms with Crippen molar-refractivity contribution in [1.82, 2.24) is 4.72 Å². The Morgan fingerprint density at radius 2 is 1.79 bits per heavy atom. The van der Waals surface area contributed by atoms with E-state index in [-0.39, 0.29) is 10.7 Å². The number of nitrogens with zero attached hydrogens (tertiary/aromatic N) is 1. The van der Waals surface area contributed by atoms with E-state index in [1.54, 1.807) is 32.0 Å². The number of nitrogens with one attached hydrogen (secondary N) is 1. The highest BCUT2D eigenvalue weighted by molar-refractivity contribution is 7.89. The molecule has 126 valence electrons. The number of rotatable bonds is 3. The Hall–Kier alpha value is -2.25. The molecule has 2 aromatic rings. The van der Waals surface area contributed by atoms with E-state index in [1.807, 2.05) is 0 Å². The Kier molecular flexibility index (Phi) is 3.93. The lowest BCUT2D eigenvalue weighted by atomic mass is 9.99. The Labute approximate surface area is 140 Å². The van der Waals surface area contributed by atoms with Crippen LogP contribution in [0.1, 0.15) is 25.0 Å². The van der Waals surface area contributed by atoms with Gasteiger partial charge < -0.3 is 4.74 Å². The fourth-order valence-corrected chi connectivity index (χ4v) is 3.26. The molecule has 0 fully saturated rings. The zero-order chi connectivity index (χ0) is 17.5. The summed E-state index contributed by atoms with van der Waals surface area (Å²) in [6, 6.07) is 10.6. The summed E-state index contributed by atoms with van der Waals surface area (Å²) in [5.41, 5.74) is 1.17. The van der Waals surface area contributed by atoms with Gasteiger partial charge in [-0.3, -0.25) is 0 Å². The van der Waals surface area contributed by atoms with Crippen LogP contribution in [0.2, 0.25) is 0 Å². The molecule has 24 heavy (non-hydrogen) atoms. The average Bonchev–Trinajstić information content (AvgIpc) is 2.53. The number of halogens is 1. The summed E-state index contributed by atoms with van der Waals surface area (Å²) in [7, 11) is -2.22. The molecule has 2 aromatic carbocycles. The molecule has 0 amide bonds. The van der Waals surface area contributed by atoms with Gasteiger partial charge in [-0.15, -0.1) is 0 Å². The molecule has 1 aliphatic heterocycles. The minimum absolute atomic E-state index is 0.111. The number of ether oxygens (including phenoxy) is 1. The molecule has 0 saturated carbocycles. The summed E-state index contributed by atoms with van der Waals surface area (Å²) in [6.45, 7) is 3.55. The lowest BCUT2D eigenvalue weighted by Gasteiger charge is -2.30. The molecular weight excluding hydrogens is 331 g/mol. The van der Waals surface area contributed by atoms with E-state index in [9.17, 15) is 12.8 Å². The SMILES string of the molecule is CNS(=O)(=O)c1ccc2c(c1)OC(C)(C)N=C2c1ccc(F)cc1. The van der Waals surface area contributed by atoms with Gasteiger partial charge in [-0.05, 0) is 57.3 Å². The van der Waals surface area contributed by atoms with Crippen LogP contribution in [0.3, 0.4) is 0 Å². The first-order valence-corrected chi connectivity index (χ1v) is 8.83. The quantitative estimate of drug-likeness (QED) is 0.927. The van der Waals surface area contributed by atoms with Crippen molar-refractivity contribution in [3.63, 3.8) is 0 Å². The first-order valence-electron chi connectivity index (χ1n) is 7.35. The first kappa shape index (κ1) is 16.6. The van der Waals surface area contributed by atoms with E-state index >= 15 is 0 Å². The van der Waals surface area contributed by atoms with Gasteiger partial charge >= 0.3 is 0 Å². The third kappa shape index (κ3) is 3.05. The molecule has 0 saturated heterocycles. The lowest BCUT2D eigenvalue weighted by molar-refractivity contribution is 0.115. The zero-order valence-electron chi connectivity index (χ0n) is 13.5. The van der Waals surface area contributed by atoms with Crippen LogP contribution in [0.5, 0.6) is 5.75 Å². The van der Waals surface area contributed by atoms with E-state index in [2.05, 4.69) is 9.71 Å². The number of hydrogen-bond donors (Lipinski definition) is 1. The Morgan fingerprint density at radius 3 is 2.42 bits per heavy atom. The van der Waals surface area contributed by atoms with Crippen LogP contribution in [0.4, 0.5) is 4.39 Å². The molecule has 0 aromatic heterocycles. The maximum Gasteiger partial charge on any atom is 0.240 e. The summed E-state index contributed by atoms with van der Waals surface area (Å²) in [5.74, 6) is 0.0898. The predicted octanol–water partition coefficient (Wildman–Crippen LogP) is 2.70. The monoisotopic (exact) mass is 348 g/mol. The molecular formula is C17H17FN2O3S. The molecule has 0 radical (unpaired) electrons. The van der Waals surface area contributed by atoms with Gasteiger partial charge in [-0.1, -0.05) is 0 Å². The molecule has 0 spiro atoms. The molecule has 0 bridgehead atoms. The van der Waals surface area contributed by atoms with Crippen molar-refractivity contribution < 1.29 is 17.5 Å². The number of benzene rings is 2. The molecule has 7 heteroatoms. The van der Waals surface area contributed by atoms with Crippen LogP contribution in [0.25, 0.3) is 0 Å². The molecule has 0 atom stereocenters. The molecule has 5 nitrogen and oxygen atoms in total. The van der Waals surface area contributed by atoms with Gasteiger partial charge in [0.15, 0.2) is 5.72 Å². The number of sulfonamides is 1. The molecule has 3 rings (SSSR count). The number of hydrogen-bond acceptors (Lipinski definition) is 4. The average molecular weight is 348 g/mol. The standard InChI is InChI=1S/C17H17FN2O3S/c1-17(2)20-16(11-4-6-12(18)7-5-11)14-9-8-13(10-15(14)23-17)24(21,22)19-3/h4-10,19H,1-3H3. The van der Waals surface area contributed by atoms with Crippen molar-refractivity contribution in [2.45, 2.75) is 24.5 Å². The zero-order valence-corrected chi connectivity index (χ0v) is 14.3. The van der Waals surface area contributed by atoms with Gasteiger partial charge in [0.2, 0.25) is 10.0 Å². The van der Waals surface area contributed by atoms with Crippen LogP contribution >= 0.6 is 0 Å². The fourth-order valence-electron chi connectivity index (χ4n) is 2.52. The van der Waals surface area contributed by atoms with Crippen LogP contribution in [-0.4, -0.2) is 26.9 Å². The second-order valence-corrected chi connectivity index (χ2v) is 7.77. The Bertz CT molecular complexity index is 919. The minimum atomic E-state index is -3.58. The van der Waals surface area contributed by atoms with Crippen molar-refractivity contribution in [3.05, 3.63) is 59.4 Å². The molecule has 1 heterocycles. The smallest absolute Gasteiger partial charge is 0.240 e. The second kappa shape index (κ2) is 5.68. The highest BCUT2D eigenvalue weighted by Crippen LogP contribution is 2.34. The number of aliphatic imine (C=N–C) groups is 1. The molecule has 0 aliphatic carbocycles. The Morgan fingerprint density at radius 1 is 1.12 bits per heavy atom. The summed E-state index contributed by atoms with van der Waals surface area (Å²) < 4.78 is 45.3. The van der Waals surface area contributed by atoms with E-state index < -0.39 is 15.7 Å². The van der Waals surface area contributed by atoms with Crippen molar-refractivity contribution in [3.8, 4) is 5.75 Å². The summed E-state index contributed by atoms with van der Waals surface area (Å²) >= 11 is 0. The van der Waals surface area contributed by atoms with Gasteiger partial charge in [-0.2, -0.15) is 0 Å². The third-order valence-corrected chi connectivity index (χ3v) is 5.06. The maximum atomic E-state index is 13.2. The lowest BCUT2D eigenvalue weighted by Crippen LogP contribution is -2.32. The summed E-state index contributed by atoms with van der Waals surface area (Å²) in [5, 5.41) is 0. The van der Waals surface area contributed by atoms with Crippen LogP contribution < -0.4 is 9.46 Å². The van der Waals surface area contributed by atoms with E-state index in [0.29, 0.717) is 17.0 Å². The molecule has 1 N–H and O–H groups in total. The maximum absolute atomic E-state index is 13.2. The van der Waals surface area contributed by atoms with Gasteiger partial charge in [0.25, 0.3) is 0 Å². The summed E-state index contributed by atoms with van der Waals surface area (Å²) in [6.07, 6.45) is 0. The minimum Gasteiger partial charge on any atom is -0.466 e. The van der Waals surface area contributed by atoms with Crippen LogP contribution in [-0.2, 0) is 10.0 Å². The van der Waals surface area contributed by atoms with Crippen molar-refractivity contribution in [2.24, 2.45) is 4.99 Å². The van der Waals surface area contributed by atoms with E-state index in [0.717, 1.165) is 5.56 Å². The second-order valence-electron chi connectivity index (χ2n) is 5.88. The number of fused-ring (bicyclic) bond motifs is 1. The van der Waals surface area contributed by atoms with Gasteiger partial charge in [0.1, 0.15) is 11.6 Å². The first-order chi connectivity index (χ1) is 11.2. The van der Waals surface area contributed by atoms with Gasteiger partial charge in [-0.25, -0.2) is 22.5 Å². The van der Waals surface area contributed by atoms with Crippen molar-refractivity contribution in [2.75, 3.05) is 7.05 Å². The summed E-state index contributed by atoms with van der Waals surface area (Å²) in [4.78, 5) is 4.69. The largest absolute Gasteiger partial charge is 0.466 e.